The summed E-state index contributed by atoms with van der Waals surface area (Å²) in [6.45, 7) is 0. The summed E-state index contributed by atoms with van der Waals surface area (Å²) in [5, 5.41) is 1.56. The Morgan fingerprint density at radius 2 is 2.14 bits per heavy atom. The first-order valence-electron chi connectivity index (χ1n) is 3.39. The predicted molar refractivity (Wildman–Crippen MR) is 51.6 cm³/mol. The van der Waals surface area contributed by atoms with Gasteiger partial charge < -0.3 is 9.79 Å². The van der Waals surface area contributed by atoms with E-state index in [-0.39, 0.29) is 4.21 Å². The van der Waals surface area contributed by atoms with Crippen LogP contribution in [-0.2, 0) is 14.6 Å². The lowest BCUT2D eigenvalue weighted by Gasteiger charge is -2.05. The van der Waals surface area contributed by atoms with Gasteiger partial charge in [0.1, 0.15) is 10.5 Å². The Hall–Kier alpha value is -0.240. The summed E-state index contributed by atoms with van der Waals surface area (Å²) in [7, 11) is -8.12. The molecular weight excluding hydrogens is 249 g/mol. The van der Waals surface area contributed by atoms with Crippen LogP contribution in [0.1, 0.15) is 0 Å². The summed E-state index contributed by atoms with van der Waals surface area (Å²) in [6.07, 6.45) is -0.882. The van der Waals surface area contributed by atoms with Crippen molar-refractivity contribution in [1.82, 2.24) is 4.72 Å². The van der Waals surface area contributed by atoms with Gasteiger partial charge in [-0.3, -0.25) is 4.57 Å². The van der Waals surface area contributed by atoms with Gasteiger partial charge in [0.2, 0.25) is 0 Å². The van der Waals surface area contributed by atoms with Crippen molar-refractivity contribution in [2.45, 2.75) is 4.21 Å². The maximum atomic E-state index is 11.3. The average Bonchev–Trinajstić information content (AvgIpc) is 2.52. The number of hydrogen-bond donors (Lipinski definition) is 3. The molecule has 1 rings (SSSR count). The molecule has 0 atom stereocenters. The fourth-order valence-corrected chi connectivity index (χ4v) is 3.71. The molecule has 0 aliphatic heterocycles. The number of sulfonamides is 1. The van der Waals surface area contributed by atoms with Gasteiger partial charge in [-0.1, -0.05) is 6.07 Å². The Balaban J connectivity index is 2.75. The van der Waals surface area contributed by atoms with Crippen LogP contribution in [0, 0.1) is 0 Å². The Kier molecular flexibility index (Phi) is 3.46. The maximum Gasteiger partial charge on any atom is 0.340 e. The number of rotatable bonds is 4. The second-order valence-electron chi connectivity index (χ2n) is 2.40. The van der Waals surface area contributed by atoms with Crippen LogP contribution in [0.25, 0.3) is 0 Å². The molecule has 3 N–H and O–H groups in total. The molecule has 0 aromatic carbocycles. The minimum atomic E-state index is -4.35. The zero-order chi connectivity index (χ0) is 10.8. The molecule has 0 saturated carbocycles. The lowest BCUT2D eigenvalue weighted by molar-refractivity contribution is 0.371. The number of nitrogens with one attached hydrogen (secondary N) is 1. The smallest absolute Gasteiger partial charge is 0.324 e. The summed E-state index contributed by atoms with van der Waals surface area (Å²) in [5.74, 6) is 0. The third kappa shape index (κ3) is 3.49. The molecule has 0 amide bonds. The summed E-state index contributed by atoms with van der Waals surface area (Å²) in [6, 6.07) is 2.89. The zero-order valence-electron chi connectivity index (χ0n) is 6.82. The first-order valence-corrected chi connectivity index (χ1v) is 7.55. The maximum absolute atomic E-state index is 11.3. The molecule has 0 aliphatic carbocycles. The van der Waals surface area contributed by atoms with E-state index in [2.05, 4.69) is 0 Å². The van der Waals surface area contributed by atoms with Crippen molar-refractivity contribution in [3.8, 4) is 0 Å². The van der Waals surface area contributed by atoms with Crippen molar-refractivity contribution in [2.75, 3.05) is 6.29 Å². The molecule has 14 heavy (non-hydrogen) atoms. The molecule has 9 heteroatoms. The molecule has 0 unspecified atom stereocenters. The summed E-state index contributed by atoms with van der Waals surface area (Å²) in [4.78, 5) is 16.9. The fourth-order valence-electron chi connectivity index (χ4n) is 0.657. The molecule has 80 valence electrons. The van der Waals surface area contributed by atoms with E-state index in [1.807, 2.05) is 4.72 Å². The first kappa shape index (κ1) is 11.8. The molecule has 0 bridgehead atoms. The van der Waals surface area contributed by atoms with E-state index < -0.39 is 23.9 Å². The van der Waals surface area contributed by atoms with Crippen LogP contribution < -0.4 is 4.72 Å². The second kappa shape index (κ2) is 4.09. The van der Waals surface area contributed by atoms with Gasteiger partial charge in [0.25, 0.3) is 10.0 Å². The highest BCUT2D eigenvalue weighted by molar-refractivity contribution is 7.91. The van der Waals surface area contributed by atoms with Crippen LogP contribution >= 0.6 is 18.9 Å². The molecule has 0 aliphatic rings. The molecule has 0 fully saturated rings. The highest BCUT2D eigenvalue weighted by atomic mass is 32.2. The van der Waals surface area contributed by atoms with Gasteiger partial charge in [-0.15, -0.1) is 11.3 Å². The Labute approximate surface area is 84.8 Å². The molecule has 1 aromatic heterocycles. The summed E-state index contributed by atoms with van der Waals surface area (Å²) >= 11 is 0.977. The van der Waals surface area contributed by atoms with Crippen LogP contribution in [0.3, 0.4) is 0 Å². The van der Waals surface area contributed by atoms with Crippen LogP contribution in [0.4, 0.5) is 0 Å². The van der Waals surface area contributed by atoms with E-state index in [1.165, 1.54) is 12.1 Å². The van der Waals surface area contributed by atoms with E-state index in [0.29, 0.717) is 0 Å². The average molecular weight is 257 g/mol. The monoisotopic (exact) mass is 257 g/mol. The van der Waals surface area contributed by atoms with Crippen molar-refractivity contribution in [2.24, 2.45) is 0 Å². The Bertz CT molecular complexity index is 433. The molecule has 1 aromatic rings. The molecule has 6 nitrogen and oxygen atoms in total. The van der Waals surface area contributed by atoms with E-state index in [9.17, 15) is 13.0 Å². The van der Waals surface area contributed by atoms with Gasteiger partial charge in [0.15, 0.2) is 0 Å². The molecule has 0 spiro atoms. The quantitative estimate of drug-likeness (QED) is 0.667. The highest BCUT2D eigenvalue weighted by Crippen LogP contribution is 2.32. The molecular formula is C5H8NO5PS2. The van der Waals surface area contributed by atoms with Gasteiger partial charge >= 0.3 is 7.60 Å². The second-order valence-corrected chi connectivity index (χ2v) is 6.99. The standard InChI is InChI=1S/C5H8NO5PS2/c7-12(8,9)4-6-14(10,11)5-2-1-3-13-5/h1-3,6H,4H2,(H2,7,8,9). The van der Waals surface area contributed by atoms with Gasteiger partial charge in [0.05, 0.1) is 0 Å². The van der Waals surface area contributed by atoms with E-state index in [4.69, 9.17) is 9.79 Å². The van der Waals surface area contributed by atoms with E-state index in [0.717, 1.165) is 11.3 Å². The lowest BCUT2D eigenvalue weighted by Crippen LogP contribution is -2.23. The van der Waals surface area contributed by atoms with Gasteiger partial charge in [-0.05, 0) is 11.4 Å². The highest BCUT2D eigenvalue weighted by Gasteiger charge is 2.20. The van der Waals surface area contributed by atoms with Gasteiger partial charge in [0, 0.05) is 0 Å². The normalized spacial score (nSPS) is 13.0. The first-order chi connectivity index (χ1) is 6.31. The van der Waals surface area contributed by atoms with Crippen molar-refractivity contribution >= 4 is 29.0 Å². The molecule has 0 radical (unpaired) electrons. The third-order valence-corrected chi connectivity index (χ3v) is 4.80. The van der Waals surface area contributed by atoms with Crippen molar-refractivity contribution in [3.63, 3.8) is 0 Å². The van der Waals surface area contributed by atoms with Gasteiger partial charge in [-0.25, -0.2) is 8.42 Å². The largest absolute Gasteiger partial charge is 0.340 e. The fraction of sp³-hybridized carbons (Fsp3) is 0.200. The third-order valence-electron chi connectivity index (χ3n) is 1.22. The lowest BCUT2D eigenvalue weighted by atomic mass is 10.7. The number of thiophene rings is 1. The van der Waals surface area contributed by atoms with Crippen LogP contribution in [-0.4, -0.2) is 24.5 Å². The Morgan fingerprint density at radius 1 is 1.50 bits per heavy atom. The molecule has 1 heterocycles. The zero-order valence-corrected chi connectivity index (χ0v) is 9.35. The number of hydrogen-bond acceptors (Lipinski definition) is 4. The summed E-state index contributed by atoms with van der Waals surface area (Å²) < 4.78 is 34.9. The van der Waals surface area contributed by atoms with Crippen molar-refractivity contribution < 1.29 is 22.8 Å². The van der Waals surface area contributed by atoms with Gasteiger partial charge in [-0.2, -0.15) is 4.72 Å². The van der Waals surface area contributed by atoms with Crippen LogP contribution in [0.2, 0.25) is 0 Å². The van der Waals surface area contributed by atoms with E-state index >= 15 is 0 Å². The predicted octanol–water partition coefficient (Wildman–Crippen LogP) is 0.162. The SMILES string of the molecule is O=P(O)(O)CNS(=O)(=O)c1cccs1. The van der Waals surface area contributed by atoms with Crippen LogP contribution in [0.15, 0.2) is 21.7 Å². The minimum Gasteiger partial charge on any atom is -0.324 e. The van der Waals surface area contributed by atoms with E-state index in [1.54, 1.807) is 5.38 Å². The van der Waals surface area contributed by atoms with Crippen molar-refractivity contribution in [1.29, 1.82) is 0 Å². The Morgan fingerprint density at radius 3 is 2.57 bits per heavy atom. The molecule has 0 saturated heterocycles. The van der Waals surface area contributed by atoms with Crippen molar-refractivity contribution in [3.05, 3.63) is 17.5 Å². The topological polar surface area (TPSA) is 104 Å². The van der Waals surface area contributed by atoms with Crippen LogP contribution in [0.5, 0.6) is 0 Å². The summed E-state index contributed by atoms with van der Waals surface area (Å²) in [5.41, 5.74) is 0. The minimum absolute atomic E-state index is 0.0333.